The smallest absolute Gasteiger partial charge is 0.208 e. The molecule has 1 saturated carbocycles. The van der Waals surface area contributed by atoms with Crippen molar-refractivity contribution in [3.63, 3.8) is 0 Å². The maximum absolute atomic E-state index is 5.64. The van der Waals surface area contributed by atoms with E-state index in [9.17, 15) is 0 Å². The summed E-state index contributed by atoms with van der Waals surface area (Å²) >= 11 is 0. The summed E-state index contributed by atoms with van der Waals surface area (Å²) in [5, 5.41) is 3.61. The van der Waals surface area contributed by atoms with Crippen LogP contribution in [0.4, 0.5) is 0 Å². The lowest BCUT2D eigenvalue weighted by Crippen LogP contribution is -2.36. The van der Waals surface area contributed by atoms with Gasteiger partial charge in [0.1, 0.15) is 5.76 Å². The van der Waals surface area contributed by atoms with Crippen molar-refractivity contribution in [2.75, 3.05) is 0 Å². The Morgan fingerprint density at radius 3 is 2.50 bits per heavy atom. The SMILES string of the molecule is CCc1cnc(CNC2CCC(C(C)(C)CC)CC2)o1. The number of rotatable bonds is 6. The van der Waals surface area contributed by atoms with E-state index in [1.54, 1.807) is 0 Å². The molecule has 0 amide bonds. The molecule has 1 heterocycles. The third kappa shape index (κ3) is 3.85. The third-order valence-electron chi connectivity index (χ3n) is 5.24. The van der Waals surface area contributed by atoms with Crippen LogP contribution >= 0.6 is 0 Å². The summed E-state index contributed by atoms with van der Waals surface area (Å²) in [6.07, 6.45) is 9.33. The highest BCUT2D eigenvalue weighted by Gasteiger charge is 2.31. The Morgan fingerprint density at radius 2 is 1.95 bits per heavy atom. The number of aromatic nitrogens is 1. The Bertz CT molecular complexity index is 403. The van der Waals surface area contributed by atoms with Crippen LogP contribution in [0.25, 0.3) is 0 Å². The number of hydrogen-bond acceptors (Lipinski definition) is 3. The van der Waals surface area contributed by atoms with Crippen LogP contribution in [0.5, 0.6) is 0 Å². The van der Waals surface area contributed by atoms with Crippen LogP contribution in [0.3, 0.4) is 0 Å². The fourth-order valence-electron chi connectivity index (χ4n) is 3.19. The van der Waals surface area contributed by atoms with Gasteiger partial charge in [-0.25, -0.2) is 4.98 Å². The van der Waals surface area contributed by atoms with Gasteiger partial charge >= 0.3 is 0 Å². The van der Waals surface area contributed by atoms with E-state index in [1.165, 1.54) is 32.1 Å². The van der Waals surface area contributed by atoms with Crippen LogP contribution in [0.2, 0.25) is 0 Å². The van der Waals surface area contributed by atoms with Crippen LogP contribution in [-0.4, -0.2) is 11.0 Å². The Morgan fingerprint density at radius 1 is 1.25 bits per heavy atom. The molecule has 1 aliphatic rings. The highest BCUT2D eigenvalue weighted by atomic mass is 16.4. The lowest BCUT2D eigenvalue weighted by Gasteiger charge is -2.39. The van der Waals surface area contributed by atoms with Gasteiger partial charge in [0.05, 0.1) is 12.7 Å². The summed E-state index contributed by atoms with van der Waals surface area (Å²) in [5.41, 5.74) is 0.504. The zero-order chi connectivity index (χ0) is 14.6. The molecule has 3 nitrogen and oxygen atoms in total. The molecule has 114 valence electrons. The van der Waals surface area contributed by atoms with Crippen LogP contribution < -0.4 is 5.32 Å². The predicted molar refractivity (Wildman–Crippen MR) is 82.5 cm³/mol. The van der Waals surface area contributed by atoms with E-state index in [0.717, 1.165) is 30.5 Å². The van der Waals surface area contributed by atoms with Crippen molar-refractivity contribution >= 4 is 0 Å². The van der Waals surface area contributed by atoms with E-state index in [-0.39, 0.29) is 0 Å². The molecule has 1 aliphatic carbocycles. The first-order valence-electron chi connectivity index (χ1n) is 8.22. The minimum atomic E-state index is 0.504. The van der Waals surface area contributed by atoms with Gasteiger partial charge in [0.2, 0.25) is 5.89 Å². The number of oxazole rings is 1. The van der Waals surface area contributed by atoms with Crippen molar-refractivity contribution in [2.24, 2.45) is 11.3 Å². The van der Waals surface area contributed by atoms with Crippen LogP contribution in [0.15, 0.2) is 10.6 Å². The average molecular weight is 278 g/mol. The lowest BCUT2D eigenvalue weighted by atomic mass is 9.69. The molecule has 0 bridgehead atoms. The molecule has 0 saturated heterocycles. The zero-order valence-electron chi connectivity index (χ0n) is 13.5. The van der Waals surface area contributed by atoms with Crippen molar-refractivity contribution in [2.45, 2.75) is 78.8 Å². The maximum atomic E-state index is 5.64. The van der Waals surface area contributed by atoms with E-state index in [4.69, 9.17) is 4.42 Å². The minimum absolute atomic E-state index is 0.504. The van der Waals surface area contributed by atoms with E-state index in [1.807, 2.05) is 6.20 Å². The standard InChI is InChI=1S/C17H30N2O/c1-5-15-11-19-16(20-15)12-18-14-9-7-13(8-10-14)17(3,4)6-2/h11,13-14,18H,5-10,12H2,1-4H3. The second kappa shape index (κ2) is 6.75. The Kier molecular flexibility index (Phi) is 5.25. The number of nitrogens with one attached hydrogen (secondary N) is 1. The molecular formula is C17H30N2O. The van der Waals surface area contributed by atoms with Crippen LogP contribution in [-0.2, 0) is 13.0 Å². The fraction of sp³-hybridized carbons (Fsp3) is 0.824. The maximum Gasteiger partial charge on any atom is 0.208 e. The molecule has 0 radical (unpaired) electrons. The Balaban J connectivity index is 1.74. The molecule has 0 spiro atoms. The van der Waals surface area contributed by atoms with Gasteiger partial charge in [-0.05, 0) is 37.0 Å². The lowest BCUT2D eigenvalue weighted by molar-refractivity contribution is 0.136. The summed E-state index contributed by atoms with van der Waals surface area (Å²) < 4.78 is 5.64. The van der Waals surface area contributed by atoms with E-state index in [2.05, 4.69) is 38.0 Å². The molecule has 0 aliphatic heterocycles. The summed E-state index contributed by atoms with van der Waals surface area (Å²) in [6.45, 7) is 10.0. The topological polar surface area (TPSA) is 38.1 Å². The molecular weight excluding hydrogens is 248 g/mol. The first-order chi connectivity index (χ1) is 9.55. The van der Waals surface area contributed by atoms with Crippen molar-refractivity contribution in [3.8, 4) is 0 Å². The molecule has 1 aromatic rings. The van der Waals surface area contributed by atoms with Crippen molar-refractivity contribution < 1.29 is 4.42 Å². The molecule has 0 aromatic carbocycles. The Labute approximate surface area is 123 Å². The van der Waals surface area contributed by atoms with Crippen molar-refractivity contribution in [1.29, 1.82) is 0 Å². The second-order valence-corrected chi connectivity index (χ2v) is 6.85. The minimum Gasteiger partial charge on any atom is -0.444 e. The monoisotopic (exact) mass is 278 g/mol. The molecule has 1 fully saturated rings. The summed E-state index contributed by atoms with van der Waals surface area (Å²) in [6, 6.07) is 0.635. The van der Waals surface area contributed by atoms with Gasteiger partial charge in [0.15, 0.2) is 0 Å². The number of aryl methyl sites for hydroxylation is 1. The molecule has 1 N–H and O–H groups in total. The van der Waals surface area contributed by atoms with Gasteiger partial charge in [0.25, 0.3) is 0 Å². The van der Waals surface area contributed by atoms with E-state index < -0.39 is 0 Å². The largest absolute Gasteiger partial charge is 0.444 e. The van der Waals surface area contributed by atoms with Crippen LogP contribution in [0.1, 0.15) is 71.5 Å². The van der Waals surface area contributed by atoms with Gasteiger partial charge in [-0.3, -0.25) is 0 Å². The molecule has 20 heavy (non-hydrogen) atoms. The van der Waals surface area contributed by atoms with Gasteiger partial charge in [-0.2, -0.15) is 0 Å². The summed E-state index contributed by atoms with van der Waals surface area (Å²) in [4.78, 5) is 4.31. The number of hydrogen-bond donors (Lipinski definition) is 1. The van der Waals surface area contributed by atoms with E-state index >= 15 is 0 Å². The number of nitrogens with zero attached hydrogens (tertiary/aromatic N) is 1. The predicted octanol–water partition coefficient (Wildman–Crippen LogP) is 4.32. The highest BCUT2D eigenvalue weighted by Crippen LogP contribution is 2.40. The van der Waals surface area contributed by atoms with Crippen LogP contribution in [0, 0.1) is 11.3 Å². The van der Waals surface area contributed by atoms with Gasteiger partial charge in [-0.1, -0.05) is 34.1 Å². The molecule has 3 heteroatoms. The second-order valence-electron chi connectivity index (χ2n) is 6.85. The van der Waals surface area contributed by atoms with Crippen molar-refractivity contribution in [3.05, 3.63) is 17.8 Å². The first-order valence-corrected chi connectivity index (χ1v) is 8.22. The summed E-state index contributed by atoms with van der Waals surface area (Å²) in [5.74, 6) is 2.70. The fourth-order valence-corrected chi connectivity index (χ4v) is 3.19. The molecule has 2 rings (SSSR count). The average Bonchev–Trinajstić information content (AvgIpc) is 2.93. The molecule has 0 unspecified atom stereocenters. The molecule has 1 aromatic heterocycles. The normalized spacial score (nSPS) is 24.0. The first kappa shape index (κ1) is 15.6. The zero-order valence-corrected chi connectivity index (χ0v) is 13.5. The van der Waals surface area contributed by atoms with Crippen molar-refractivity contribution in [1.82, 2.24) is 10.3 Å². The van der Waals surface area contributed by atoms with Gasteiger partial charge < -0.3 is 9.73 Å². The molecule has 0 atom stereocenters. The Hall–Kier alpha value is -0.830. The quantitative estimate of drug-likeness (QED) is 0.842. The third-order valence-corrected chi connectivity index (χ3v) is 5.24. The highest BCUT2D eigenvalue weighted by molar-refractivity contribution is 4.94. The summed E-state index contributed by atoms with van der Waals surface area (Å²) in [7, 11) is 0. The van der Waals surface area contributed by atoms with E-state index in [0.29, 0.717) is 11.5 Å². The van der Waals surface area contributed by atoms with Gasteiger partial charge in [-0.15, -0.1) is 0 Å². The van der Waals surface area contributed by atoms with Gasteiger partial charge in [0, 0.05) is 12.5 Å².